The maximum atomic E-state index is 5.89. The molecule has 0 spiro atoms. The van der Waals surface area contributed by atoms with Crippen LogP contribution in [0.1, 0.15) is 12.0 Å². The van der Waals surface area contributed by atoms with Crippen molar-refractivity contribution in [2.24, 2.45) is 0 Å². The first-order valence-corrected chi connectivity index (χ1v) is 6.08. The average Bonchev–Trinajstić information content (AvgIpc) is 2.20. The number of anilines is 1. The lowest BCUT2D eigenvalue weighted by molar-refractivity contribution is 0.415. The number of nitrogens with two attached hydrogens (primary N) is 1. The molecule has 0 heterocycles. The Labute approximate surface area is 89.8 Å². The highest BCUT2D eigenvalue weighted by molar-refractivity contribution is 7.98. The van der Waals surface area contributed by atoms with Gasteiger partial charge in [-0.05, 0) is 36.5 Å². The molecule has 2 nitrogen and oxygen atoms in total. The zero-order valence-electron chi connectivity index (χ0n) is 8.75. The predicted molar refractivity (Wildman–Crippen MR) is 64.1 cm³/mol. The van der Waals surface area contributed by atoms with Crippen molar-refractivity contribution < 1.29 is 4.74 Å². The van der Waals surface area contributed by atoms with Crippen LogP contribution < -0.4 is 10.5 Å². The van der Waals surface area contributed by atoms with E-state index in [4.69, 9.17) is 10.5 Å². The molecule has 0 bridgehead atoms. The molecule has 14 heavy (non-hydrogen) atoms. The molecule has 0 aliphatic carbocycles. The highest BCUT2D eigenvalue weighted by Crippen LogP contribution is 2.21. The van der Waals surface area contributed by atoms with Gasteiger partial charge in [-0.25, -0.2) is 0 Å². The summed E-state index contributed by atoms with van der Waals surface area (Å²) in [5.74, 6) is 2.02. The molecular formula is C11H17NOS. The molecule has 3 heteroatoms. The second-order valence-electron chi connectivity index (χ2n) is 3.16. The summed E-state index contributed by atoms with van der Waals surface area (Å²) >= 11 is 1.87. The molecule has 0 saturated carbocycles. The van der Waals surface area contributed by atoms with Crippen molar-refractivity contribution in [1.29, 1.82) is 0 Å². The fourth-order valence-corrected chi connectivity index (χ4v) is 1.77. The smallest absolute Gasteiger partial charge is 0.120 e. The van der Waals surface area contributed by atoms with Crippen LogP contribution in [-0.2, 0) is 6.42 Å². The third kappa shape index (κ3) is 3.14. The molecule has 0 unspecified atom stereocenters. The zero-order chi connectivity index (χ0) is 10.4. The lowest BCUT2D eigenvalue weighted by Gasteiger charge is -2.07. The molecule has 0 amide bonds. The van der Waals surface area contributed by atoms with Gasteiger partial charge < -0.3 is 10.5 Å². The second kappa shape index (κ2) is 5.81. The normalized spacial score (nSPS) is 10.1. The first kappa shape index (κ1) is 11.2. The van der Waals surface area contributed by atoms with E-state index in [9.17, 15) is 0 Å². The van der Waals surface area contributed by atoms with Crippen molar-refractivity contribution in [3.63, 3.8) is 0 Å². The minimum atomic E-state index is 0.830. The summed E-state index contributed by atoms with van der Waals surface area (Å²) in [4.78, 5) is 0. The fourth-order valence-electron chi connectivity index (χ4n) is 1.33. The van der Waals surface area contributed by atoms with E-state index in [1.165, 1.54) is 17.7 Å². The van der Waals surface area contributed by atoms with E-state index in [0.29, 0.717) is 0 Å². The quantitative estimate of drug-likeness (QED) is 0.600. The molecule has 0 aromatic heterocycles. The van der Waals surface area contributed by atoms with Crippen molar-refractivity contribution in [2.75, 3.05) is 24.9 Å². The number of hydrogen-bond acceptors (Lipinski definition) is 3. The molecule has 0 radical (unpaired) electrons. The van der Waals surface area contributed by atoms with Gasteiger partial charge in [0.25, 0.3) is 0 Å². The van der Waals surface area contributed by atoms with Gasteiger partial charge in [-0.3, -0.25) is 0 Å². The SMILES string of the molecule is COc1ccc(CCCSC)c(N)c1. The van der Waals surface area contributed by atoms with Crippen molar-refractivity contribution in [3.05, 3.63) is 23.8 Å². The van der Waals surface area contributed by atoms with Crippen molar-refractivity contribution in [3.8, 4) is 5.75 Å². The highest BCUT2D eigenvalue weighted by atomic mass is 32.2. The van der Waals surface area contributed by atoms with E-state index in [1.807, 2.05) is 23.9 Å². The molecule has 0 atom stereocenters. The average molecular weight is 211 g/mol. The Morgan fingerprint density at radius 1 is 1.43 bits per heavy atom. The molecular weight excluding hydrogens is 194 g/mol. The first-order chi connectivity index (χ1) is 6.77. The van der Waals surface area contributed by atoms with Gasteiger partial charge >= 0.3 is 0 Å². The first-order valence-electron chi connectivity index (χ1n) is 4.69. The third-order valence-electron chi connectivity index (χ3n) is 2.15. The van der Waals surface area contributed by atoms with Gasteiger partial charge in [0, 0.05) is 11.8 Å². The number of methoxy groups -OCH3 is 1. The third-order valence-corrected chi connectivity index (χ3v) is 2.84. The van der Waals surface area contributed by atoms with Crippen LogP contribution in [0.3, 0.4) is 0 Å². The van der Waals surface area contributed by atoms with Crippen molar-refractivity contribution in [2.45, 2.75) is 12.8 Å². The molecule has 0 aliphatic rings. The standard InChI is InChI=1S/C11H17NOS/c1-13-10-6-5-9(11(12)8-10)4-3-7-14-2/h5-6,8H,3-4,7,12H2,1-2H3. The van der Waals surface area contributed by atoms with Crippen LogP contribution in [-0.4, -0.2) is 19.1 Å². The molecule has 0 saturated heterocycles. The Kier molecular flexibility index (Phi) is 4.66. The number of aryl methyl sites for hydroxylation is 1. The summed E-state index contributed by atoms with van der Waals surface area (Å²) in [5, 5.41) is 0. The van der Waals surface area contributed by atoms with Crippen LogP contribution in [0.5, 0.6) is 5.75 Å². The van der Waals surface area contributed by atoms with Crippen molar-refractivity contribution >= 4 is 17.4 Å². The molecule has 0 fully saturated rings. The maximum absolute atomic E-state index is 5.89. The number of nitrogen functional groups attached to an aromatic ring is 1. The Bertz CT molecular complexity index is 289. The van der Waals surface area contributed by atoms with Gasteiger partial charge in [-0.2, -0.15) is 11.8 Å². The van der Waals surface area contributed by atoms with Gasteiger partial charge in [-0.1, -0.05) is 6.07 Å². The number of thioether (sulfide) groups is 1. The fraction of sp³-hybridized carbons (Fsp3) is 0.455. The number of rotatable bonds is 5. The van der Waals surface area contributed by atoms with E-state index >= 15 is 0 Å². The van der Waals surface area contributed by atoms with Crippen LogP contribution in [0, 0.1) is 0 Å². The molecule has 2 N–H and O–H groups in total. The van der Waals surface area contributed by atoms with Crippen LogP contribution in [0.25, 0.3) is 0 Å². The minimum Gasteiger partial charge on any atom is -0.497 e. The van der Waals surface area contributed by atoms with E-state index in [-0.39, 0.29) is 0 Å². The van der Waals surface area contributed by atoms with Crippen molar-refractivity contribution in [1.82, 2.24) is 0 Å². The summed E-state index contributed by atoms with van der Waals surface area (Å²) in [6, 6.07) is 5.90. The molecule has 1 aromatic carbocycles. The minimum absolute atomic E-state index is 0.830. The van der Waals surface area contributed by atoms with E-state index in [0.717, 1.165) is 17.9 Å². The Hall–Kier alpha value is -0.830. The number of ether oxygens (including phenoxy) is 1. The van der Waals surface area contributed by atoms with Gasteiger partial charge in [0.15, 0.2) is 0 Å². The van der Waals surface area contributed by atoms with Gasteiger partial charge in [-0.15, -0.1) is 0 Å². The van der Waals surface area contributed by atoms with Gasteiger partial charge in [0.05, 0.1) is 7.11 Å². The topological polar surface area (TPSA) is 35.2 Å². The largest absolute Gasteiger partial charge is 0.497 e. The lowest BCUT2D eigenvalue weighted by Crippen LogP contribution is -1.96. The lowest BCUT2D eigenvalue weighted by atomic mass is 10.1. The van der Waals surface area contributed by atoms with Crippen LogP contribution in [0.15, 0.2) is 18.2 Å². The summed E-state index contributed by atoms with van der Waals surface area (Å²) in [6.45, 7) is 0. The number of benzene rings is 1. The Morgan fingerprint density at radius 2 is 2.21 bits per heavy atom. The Morgan fingerprint density at radius 3 is 2.79 bits per heavy atom. The molecule has 1 aromatic rings. The summed E-state index contributed by atoms with van der Waals surface area (Å²) in [6.07, 6.45) is 4.35. The number of hydrogen-bond donors (Lipinski definition) is 1. The van der Waals surface area contributed by atoms with Crippen LogP contribution in [0.4, 0.5) is 5.69 Å². The van der Waals surface area contributed by atoms with Crippen LogP contribution >= 0.6 is 11.8 Å². The van der Waals surface area contributed by atoms with Gasteiger partial charge in [0.2, 0.25) is 0 Å². The maximum Gasteiger partial charge on any atom is 0.120 e. The summed E-state index contributed by atoms with van der Waals surface area (Å²) in [7, 11) is 1.65. The molecule has 0 aliphatic heterocycles. The summed E-state index contributed by atoms with van der Waals surface area (Å²) < 4.78 is 5.09. The van der Waals surface area contributed by atoms with Gasteiger partial charge in [0.1, 0.15) is 5.75 Å². The van der Waals surface area contributed by atoms with E-state index in [1.54, 1.807) is 7.11 Å². The zero-order valence-corrected chi connectivity index (χ0v) is 9.56. The highest BCUT2D eigenvalue weighted by Gasteiger charge is 2.00. The van der Waals surface area contributed by atoms with Crippen LogP contribution in [0.2, 0.25) is 0 Å². The second-order valence-corrected chi connectivity index (χ2v) is 4.15. The molecule has 78 valence electrons. The predicted octanol–water partition coefficient (Wildman–Crippen LogP) is 2.57. The van der Waals surface area contributed by atoms with E-state index in [2.05, 4.69) is 12.3 Å². The molecule has 1 rings (SSSR count). The van der Waals surface area contributed by atoms with E-state index < -0.39 is 0 Å². The Balaban J connectivity index is 2.59. The monoisotopic (exact) mass is 211 g/mol. The summed E-state index contributed by atoms with van der Waals surface area (Å²) in [5.41, 5.74) is 7.95.